The first-order chi connectivity index (χ1) is 8.93. The van der Waals surface area contributed by atoms with E-state index in [4.69, 9.17) is 9.47 Å². The number of nitrogens with one attached hydrogen (secondary N) is 1. The molecule has 0 amide bonds. The van der Waals surface area contributed by atoms with Crippen LogP contribution in [0.15, 0.2) is 0 Å². The van der Waals surface area contributed by atoms with Crippen LogP contribution in [0.3, 0.4) is 0 Å². The van der Waals surface area contributed by atoms with Crippen LogP contribution in [0.4, 0.5) is 0 Å². The third-order valence-electron chi connectivity index (χ3n) is 2.50. The molecule has 0 saturated heterocycles. The van der Waals surface area contributed by atoms with Crippen LogP contribution in [-0.2, 0) is 9.47 Å². The highest BCUT2D eigenvalue weighted by atomic mass is 16.5. The molecule has 1 heterocycles. The Hall–Kier alpha value is -2.11. The molecule has 0 aliphatic rings. The molecule has 0 saturated carbocycles. The zero-order valence-electron chi connectivity index (χ0n) is 11.5. The minimum absolute atomic E-state index is 0.0389. The molecule has 0 atom stereocenters. The second-order valence-corrected chi connectivity index (χ2v) is 3.87. The van der Waals surface area contributed by atoms with Gasteiger partial charge < -0.3 is 14.5 Å². The normalized spacial score (nSPS) is 10.1. The van der Waals surface area contributed by atoms with E-state index in [0.29, 0.717) is 5.69 Å². The van der Waals surface area contributed by atoms with E-state index in [-0.39, 0.29) is 35.8 Å². The number of rotatable bonds is 5. The highest BCUT2D eigenvalue weighted by Crippen LogP contribution is 2.21. The molecule has 0 spiro atoms. The summed E-state index contributed by atoms with van der Waals surface area (Å²) in [7, 11) is 0. The Morgan fingerprint density at radius 2 is 1.53 bits per heavy atom. The van der Waals surface area contributed by atoms with Crippen molar-refractivity contribution < 1.29 is 23.9 Å². The number of Topliss-reactive ketones (excluding diaryl/α,β-unsaturated/α-hetero) is 1. The Balaban J connectivity index is 3.39. The number of ketones is 1. The third-order valence-corrected chi connectivity index (χ3v) is 2.50. The average Bonchev–Trinajstić information content (AvgIpc) is 2.67. The molecule has 0 fully saturated rings. The van der Waals surface area contributed by atoms with Crippen molar-refractivity contribution in [2.45, 2.75) is 27.7 Å². The van der Waals surface area contributed by atoms with E-state index in [2.05, 4.69) is 4.98 Å². The maximum Gasteiger partial charge on any atom is 0.355 e. The molecule has 6 nitrogen and oxygen atoms in total. The largest absolute Gasteiger partial charge is 0.462 e. The topological polar surface area (TPSA) is 85.5 Å². The maximum absolute atomic E-state index is 11.9. The smallest absolute Gasteiger partial charge is 0.355 e. The first kappa shape index (κ1) is 14.9. The Bertz CT molecular complexity index is 515. The highest BCUT2D eigenvalue weighted by molar-refractivity contribution is 6.12. The van der Waals surface area contributed by atoms with Crippen molar-refractivity contribution in [2.24, 2.45) is 0 Å². The highest BCUT2D eigenvalue weighted by Gasteiger charge is 2.29. The first-order valence-corrected chi connectivity index (χ1v) is 6.01. The monoisotopic (exact) mass is 267 g/mol. The van der Waals surface area contributed by atoms with Crippen molar-refractivity contribution in [1.82, 2.24) is 4.98 Å². The van der Waals surface area contributed by atoms with Gasteiger partial charge in [0.1, 0.15) is 11.3 Å². The summed E-state index contributed by atoms with van der Waals surface area (Å²) in [6.07, 6.45) is 0. The average molecular weight is 267 g/mol. The Morgan fingerprint density at radius 3 is 2.00 bits per heavy atom. The first-order valence-electron chi connectivity index (χ1n) is 6.01. The summed E-state index contributed by atoms with van der Waals surface area (Å²) in [6.45, 7) is 6.58. The summed E-state index contributed by atoms with van der Waals surface area (Å²) in [5.41, 5.74) is 0.522. The van der Waals surface area contributed by atoms with Crippen molar-refractivity contribution in [1.29, 1.82) is 0 Å². The maximum atomic E-state index is 11.9. The van der Waals surface area contributed by atoms with Crippen LogP contribution in [0.1, 0.15) is 57.7 Å². The zero-order valence-corrected chi connectivity index (χ0v) is 11.5. The molecule has 1 aromatic heterocycles. The molecule has 0 unspecified atom stereocenters. The second-order valence-electron chi connectivity index (χ2n) is 3.87. The SMILES string of the molecule is CCOC(=O)c1[nH]c(C)c(C(C)=O)c1C(=O)OCC. The van der Waals surface area contributed by atoms with Crippen LogP contribution >= 0.6 is 0 Å². The van der Waals surface area contributed by atoms with Gasteiger partial charge in [-0.3, -0.25) is 4.79 Å². The van der Waals surface area contributed by atoms with Gasteiger partial charge >= 0.3 is 11.9 Å². The molecular formula is C13H17NO5. The molecule has 19 heavy (non-hydrogen) atoms. The fourth-order valence-corrected chi connectivity index (χ4v) is 1.83. The fourth-order valence-electron chi connectivity index (χ4n) is 1.83. The number of carbonyl (C=O) groups is 3. The van der Waals surface area contributed by atoms with Crippen molar-refractivity contribution in [2.75, 3.05) is 13.2 Å². The molecule has 0 aromatic carbocycles. The quantitative estimate of drug-likeness (QED) is 0.650. The Labute approximate surface area is 111 Å². The van der Waals surface area contributed by atoms with Crippen LogP contribution in [0.5, 0.6) is 0 Å². The zero-order chi connectivity index (χ0) is 14.6. The summed E-state index contributed by atoms with van der Waals surface area (Å²) >= 11 is 0. The van der Waals surface area contributed by atoms with Gasteiger partial charge in [-0.05, 0) is 27.7 Å². The van der Waals surface area contributed by atoms with Crippen LogP contribution in [-0.4, -0.2) is 35.9 Å². The summed E-state index contributed by atoms with van der Waals surface area (Å²) in [5, 5.41) is 0. The van der Waals surface area contributed by atoms with Gasteiger partial charge in [-0.1, -0.05) is 0 Å². The molecule has 104 valence electrons. The number of esters is 2. The fraction of sp³-hybridized carbons (Fsp3) is 0.462. The van der Waals surface area contributed by atoms with Gasteiger partial charge in [0.05, 0.1) is 18.8 Å². The van der Waals surface area contributed by atoms with E-state index in [1.165, 1.54) is 6.92 Å². The number of hydrogen-bond donors (Lipinski definition) is 1. The van der Waals surface area contributed by atoms with Gasteiger partial charge in [-0.15, -0.1) is 0 Å². The lowest BCUT2D eigenvalue weighted by atomic mass is 10.1. The molecule has 0 aliphatic carbocycles. The van der Waals surface area contributed by atoms with E-state index in [1.54, 1.807) is 20.8 Å². The number of hydrogen-bond acceptors (Lipinski definition) is 5. The van der Waals surface area contributed by atoms with E-state index < -0.39 is 11.9 Å². The van der Waals surface area contributed by atoms with Gasteiger partial charge in [0, 0.05) is 5.69 Å². The number of ether oxygens (including phenoxy) is 2. The number of H-pyrrole nitrogens is 1. The van der Waals surface area contributed by atoms with Gasteiger partial charge in [0.15, 0.2) is 5.78 Å². The molecule has 0 aliphatic heterocycles. The van der Waals surface area contributed by atoms with E-state index >= 15 is 0 Å². The van der Waals surface area contributed by atoms with Crippen molar-refractivity contribution in [3.63, 3.8) is 0 Å². The summed E-state index contributed by atoms with van der Waals surface area (Å²) in [5.74, 6) is -1.70. The molecule has 0 radical (unpaired) electrons. The Morgan fingerprint density at radius 1 is 1.00 bits per heavy atom. The Kier molecular flexibility index (Phi) is 4.86. The molecule has 1 aromatic rings. The molecule has 6 heteroatoms. The van der Waals surface area contributed by atoms with Crippen LogP contribution in [0.25, 0.3) is 0 Å². The van der Waals surface area contributed by atoms with Crippen LogP contribution in [0, 0.1) is 6.92 Å². The van der Waals surface area contributed by atoms with Crippen molar-refractivity contribution in [3.8, 4) is 0 Å². The van der Waals surface area contributed by atoms with Crippen LogP contribution in [0.2, 0.25) is 0 Å². The van der Waals surface area contributed by atoms with Gasteiger partial charge in [-0.2, -0.15) is 0 Å². The number of carbonyl (C=O) groups excluding carboxylic acids is 3. The number of aromatic amines is 1. The third kappa shape index (κ3) is 3.01. The molecule has 0 bridgehead atoms. The molecule has 1 rings (SSSR count). The van der Waals surface area contributed by atoms with E-state index in [1.807, 2.05) is 0 Å². The predicted octanol–water partition coefficient (Wildman–Crippen LogP) is 1.88. The van der Waals surface area contributed by atoms with Gasteiger partial charge in [-0.25, -0.2) is 9.59 Å². The number of aryl methyl sites for hydroxylation is 1. The van der Waals surface area contributed by atoms with Crippen molar-refractivity contribution in [3.05, 3.63) is 22.5 Å². The van der Waals surface area contributed by atoms with E-state index in [9.17, 15) is 14.4 Å². The number of aromatic nitrogens is 1. The minimum atomic E-state index is -0.708. The van der Waals surface area contributed by atoms with E-state index in [0.717, 1.165) is 0 Å². The molecular weight excluding hydrogens is 250 g/mol. The van der Waals surface area contributed by atoms with Crippen LogP contribution < -0.4 is 0 Å². The summed E-state index contributed by atoms with van der Waals surface area (Å²) < 4.78 is 9.74. The van der Waals surface area contributed by atoms with Crippen molar-refractivity contribution >= 4 is 17.7 Å². The summed E-state index contributed by atoms with van der Waals surface area (Å²) in [4.78, 5) is 38.0. The summed E-state index contributed by atoms with van der Waals surface area (Å²) in [6, 6.07) is 0. The standard InChI is InChI=1S/C13H17NO5/c1-5-18-12(16)10-9(8(4)15)7(3)14-11(10)13(17)19-6-2/h14H,5-6H2,1-4H3. The predicted molar refractivity (Wildman–Crippen MR) is 67.4 cm³/mol. The van der Waals surface area contributed by atoms with Gasteiger partial charge in [0.25, 0.3) is 0 Å². The van der Waals surface area contributed by atoms with Gasteiger partial charge in [0.2, 0.25) is 0 Å². The lowest BCUT2D eigenvalue weighted by Crippen LogP contribution is -2.15. The minimum Gasteiger partial charge on any atom is -0.462 e. The lowest BCUT2D eigenvalue weighted by Gasteiger charge is -2.05. The molecule has 1 N–H and O–H groups in total. The second kappa shape index (κ2) is 6.17. The lowest BCUT2D eigenvalue weighted by molar-refractivity contribution is 0.0474.